The number of carbonyl (C=O) groups excluding carboxylic acids is 1. The van der Waals surface area contributed by atoms with Crippen molar-refractivity contribution in [2.24, 2.45) is 5.41 Å². The molecule has 2 aromatic carbocycles. The molecular weight excluding hydrogens is 242 g/mol. The van der Waals surface area contributed by atoms with Gasteiger partial charge in [0.25, 0.3) is 0 Å². The Labute approximate surface area is 112 Å². The molecule has 0 bridgehead atoms. The van der Waals surface area contributed by atoms with Crippen LogP contribution >= 0.6 is 11.9 Å². The predicted octanol–water partition coefficient (Wildman–Crippen LogP) is 4.01. The number of amides is 1. The molecule has 18 heavy (non-hydrogen) atoms. The smallest absolute Gasteiger partial charge is 0.235 e. The van der Waals surface area contributed by atoms with Crippen LogP contribution in [0.3, 0.4) is 0 Å². The maximum atomic E-state index is 11.8. The molecule has 0 radical (unpaired) electrons. The largest absolute Gasteiger partial charge is 0.296 e. The highest BCUT2D eigenvalue weighted by molar-refractivity contribution is 7.98. The fourth-order valence-corrected chi connectivity index (χ4v) is 2.33. The number of fused-ring (bicyclic) bond motifs is 1. The molecule has 2 nitrogen and oxygen atoms in total. The second-order valence-corrected chi connectivity index (χ2v) is 6.17. The molecule has 0 aliphatic rings. The van der Waals surface area contributed by atoms with Crippen LogP contribution < -0.4 is 4.72 Å². The Kier molecular flexibility index (Phi) is 3.62. The zero-order chi connectivity index (χ0) is 13.2. The summed E-state index contributed by atoms with van der Waals surface area (Å²) in [5.41, 5.74) is -0.357. The van der Waals surface area contributed by atoms with E-state index < -0.39 is 0 Å². The summed E-state index contributed by atoms with van der Waals surface area (Å²) in [4.78, 5) is 12.8. The van der Waals surface area contributed by atoms with Crippen molar-refractivity contribution in [3.05, 3.63) is 42.5 Å². The van der Waals surface area contributed by atoms with E-state index >= 15 is 0 Å². The van der Waals surface area contributed by atoms with Gasteiger partial charge in [-0.3, -0.25) is 9.52 Å². The van der Waals surface area contributed by atoms with E-state index in [1.54, 1.807) is 0 Å². The molecule has 0 unspecified atom stereocenters. The first-order chi connectivity index (χ1) is 8.47. The molecule has 0 saturated heterocycles. The minimum Gasteiger partial charge on any atom is -0.296 e. The first kappa shape index (κ1) is 13.0. The summed E-state index contributed by atoms with van der Waals surface area (Å²) in [6.45, 7) is 5.72. The predicted molar refractivity (Wildman–Crippen MR) is 77.4 cm³/mol. The molecule has 0 aliphatic heterocycles. The van der Waals surface area contributed by atoms with Crippen LogP contribution in [-0.4, -0.2) is 5.91 Å². The molecule has 2 aromatic rings. The average molecular weight is 259 g/mol. The summed E-state index contributed by atoms with van der Waals surface area (Å²) in [7, 11) is 0. The van der Waals surface area contributed by atoms with Gasteiger partial charge in [-0.05, 0) is 34.9 Å². The minimum atomic E-state index is -0.357. The molecular formula is C15H17NOS. The van der Waals surface area contributed by atoms with Crippen molar-refractivity contribution in [1.29, 1.82) is 0 Å². The number of hydrogen-bond donors (Lipinski definition) is 1. The van der Waals surface area contributed by atoms with E-state index in [-0.39, 0.29) is 11.3 Å². The van der Waals surface area contributed by atoms with Crippen LogP contribution in [0.2, 0.25) is 0 Å². The van der Waals surface area contributed by atoms with Crippen molar-refractivity contribution >= 4 is 28.6 Å². The van der Waals surface area contributed by atoms with Crippen molar-refractivity contribution < 1.29 is 4.79 Å². The number of rotatable bonds is 2. The van der Waals surface area contributed by atoms with E-state index in [1.165, 1.54) is 22.7 Å². The Morgan fingerprint density at radius 3 is 2.39 bits per heavy atom. The highest BCUT2D eigenvalue weighted by Gasteiger charge is 2.20. The van der Waals surface area contributed by atoms with Gasteiger partial charge < -0.3 is 0 Å². The molecule has 0 spiro atoms. The monoisotopic (exact) mass is 259 g/mol. The second-order valence-electron chi connectivity index (χ2n) is 5.29. The van der Waals surface area contributed by atoms with Crippen molar-refractivity contribution in [2.75, 3.05) is 0 Å². The summed E-state index contributed by atoms with van der Waals surface area (Å²) in [6, 6.07) is 14.4. The van der Waals surface area contributed by atoms with Crippen molar-refractivity contribution in [2.45, 2.75) is 25.7 Å². The second kappa shape index (κ2) is 5.02. The van der Waals surface area contributed by atoms with Crippen LogP contribution in [0.4, 0.5) is 0 Å². The third kappa shape index (κ3) is 3.05. The Hall–Kier alpha value is -1.48. The third-order valence-corrected chi connectivity index (χ3v) is 3.44. The van der Waals surface area contributed by atoms with E-state index in [0.29, 0.717) is 0 Å². The molecule has 1 N–H and O–H groups in total. The number of nitrogens with one attached hydrogen (secondary N) is 1. The number of carbonyl (C=O) groups is 1. The Morgan fingerprint density at radius 1 is 1.06 bits per heavy atom. The van der Waals surface area contributed by atoms with E-state index in [4.69, 9.17) is 0 Å². The quantitative estimate of drug-likeness (QED) is 0.826. The molecule has 0 heterocycles. The minimum absolute atomic E-state index is 0.0423. The highest BCUT2D eigenvalue weighted by atomic mass is 32.2. The van der Waals surface area contributed by atoms with Gasteiger partial charge in [-0.25, -0.2) is 0 Å². The third-order valence-electron chi connectivity index (χ3n) is 2.66. The lowest BCUT2D eigenvalue weighted by atomic mass is 9.96. The molecule has 0 aliphatic carbocycles. The normalized spacial score (nSPS) is 11.5. The van der Waals surface area contributed by atoms with E-state index in [9.17, 15) is 4.79 Å². The zero-order valence-corrected chi connectivity index (χ0v) is 11.7. The molecule has 0 atom stereocenters. The summed E-state index contributed by atoms with van der Waals surface area (Å²) in [5, 5.41) is 2.40. The standard InChI is InChI=1S/C15H17NOS/c1-15(2,3)14(17)16-18-13-9-8-11-6-4-5-7-12(11)10-13/h4-10H,1-3H3,(H,16,17). The van der Waals surface area contributed by atoms with Crippen molar-refractivity contribution in [3.8, 4) is 0 Å². The van der Waals surface area contributed by atoms with Gasteiger partial charge in [0.2, 0.25) is 5.91 Å². The maximum absolute atomic E-state index is 11.8. The van der Waals surface area contributed by atoms with Crippen LogP contribution in [0.5, 0.6) is 0 Å². The van der Waals surface area contributed by atoms with Gasteiger partial charge in [-0.2, -0.15) is 0 Å². The van der Waals surface area contributed by atoms with Gasteiger partial charge in [0.1, 0.15) is 0 Å². The summed E-state index contributed by atoms with van der Waals surface area (Å²) in [6.07, 6.45) is 0. The topological polar surface area (TPSA) is 29.1 Å². The maximum Gasteiger partial charge on any atom is 0.235 e. The lowest BCUT2D eigenvalue weighted by Crippen LogP contribution is -2.30. The molecule has 0 fully saturated rings. The Bertz CT molecular complexity index is 572. The van der Waals surface area contributed by atoms with Crippen molar-refractivity contribution in [1.82, 2.24) is 4.72 Å². The van der Waals surface area contributed by atoms with Crippen LogP contribution in [0.1, 0.15) is 20.8 Å². The van der Waals surface area contributed by atoms with Gasteiger partial charge in [-0.1, -0.05) is 51.1 Å². The first-order valence-corrected chi connectivity index (χ1v) is 6.74. The van der Waals surface area contributed by atoms with Crippen LogP contribution in [0.15, 0.2) is 47.4 Å². The van der Waals surface area contributed by atoms with E-state index in [0.717, 1.165) is 4.90 Å². The number of hydrogen-bond acceptors (Lipinski definition) is 2. The average Bonchev–Trinajstić information content (AvgIpc) is 2.34. The molecule has 1 amide bonds. The first-order valence-electron chi connectivity index (χ1n) is 5.93. The van der Waals surface area contributed by atoms with Crippen LogP contribution in [0.25, 0.3) is 10.8 Å². The van der Waals surface area contributed by atoms with Crippen LogP contribution in [0, 0.1) is 5.41 Å². The molecule has 2 rings (SSSR count). The zero-order valence-electron chi connectivity index (χ0n) is 10.9. The van der Waals surface area contributed by atoms with Crippen LogP contribution in [-0.2, 0) is 4.79 Å². The van der Waals surface area contributed by atoms with Gasteiger partial charge in [0, 0.05) is 10.3 Å². The fourth-order valence-electron chi connectivity index (χ4n) is 1.49. The molecule has 94 valence electrons. The fraction of sp³-hybridized carbons (Fsp3) is 0.267. The van der Waals surface area contributed by atoms with Gasteiger partial charge in [0.05, 0.1) is 0 Å². The SMILES string of the molecule is CC(C)(C)C(=O)NSc1ccc2ccccc2c1. The van der Waals surface area contributed by atoms with Gasteiger partial charge in [0.15, 0.2) is 0 Å². The summed E-state index contributed by atoms with van der Waals surface area (Å²) in [5.74, 6) is 0.0423. The van der Waals surface area contributed by atoms with Crippen molar-refractivity contribution in [3.63, 3.8) is 0 Å². The molecule has 0 saturated carbocycles. The summed E-state index contributed by atoms with van der Waals surface area (Å²) >= 11 is 1.37. The molecule has 0 aromatic heterocycles. The lowest BCUT2D eigenvalue weighted by molar-refractivity contribution is -0.126. The lowest BCUT2D eigenvalue weighted by Gasteiger charge is -2.16. The van der Waals surface area contributed by atoms with Gasteiger partial charge in [-0.15, -0.1) is 0 Å². The van der Waals surface area contributed by atoms with E-state index in [1.807, 2.05) is 39.0 Å². The van der Waals surface area contributed by atoms with E-state index in [2.05, 4.69) is 29.0 Å². The molecule has 3 heteroatoms. The Balaban J connectivity index is 2.11. The number of benzene rings is 2. The summed E-state index contributed by atoms with van der Waals surface area (Å²) < 4.78 is 2.88. The Morgan fingerprint density at radius 2 is 1.72 bits per heavy atom. The highest BCUT2D eigenvalue weighted by Crippen LogP contribution is 2.23. The van der Waals surface area contributed by atoms with Gasteiger partial charge >= 0.3 is 0 Å².